The van der Waals surface area contributed by atoms with Gasteiger partial charge in [0.05, 0.1) is 26.4 Å². The van der Waals surface area contributed by atoms with Crippen LogP contribution in [0.2, 0.25) is 0 Å². The lowest BCUT2D eigenvalue weighted by molar-refractivity contribution is -0.161. The zero-order valence-corrected chi connectivity index (χ0v) is 65.9. The average Bonchev–Trinajstić information content (AvgIpc) is 1.01. The Hall–Kier alpha value is -2.98. The van der Waals surface area contributed by atoms with E-state index in [4.69, 9.17) is 37.0 Å². The third-order valence-electron chi connectivity index (χ3n) is 17.7. The molecule has 0 radical (unpaired) electrons. The first-order chi connectivity index (χ1) is 48.7. The standard InChI is InChI=1S/C81H150O17P2/c1-5-9-13-17-21-25-29-33-37-41-45-49-53-57-61-65-78(83)91-71-76(97-80(85)67-63-59-55-51-47-43-39-35-31-27-23-19-15-11-7-3)73-95-99(87,88)93-69-75(82)70-94-100(89,90)96-74-77(98-81(86)68-64-60-56-52-48-44-40-36-32-28-24-20-16-12-8-4)72-92-79(84)66-62-58-54-50-46-42-38-34-30-26-22-18-14-10-6-2/h25-26,29-30,35-36,39-40,75-77,82H,5-24,27-28,31-34,37-38,41-74H2,1-4H3,(H,87,88)(H,89,90)/b29-25-,30-26-,39-35-,40-36-/t76-,77-/m1/s1. The van der Waals surface area contributed by atoms with E-state index in [1.54, 1.807) is 0 Å². The Morgan fingerprint density at radius 1 is 0.270 bits per heavy atom. The van der Waals surface area contributed by atoms with Crippen LogP contribution < -0.4 is 0 Å². The fourth-order valence-corrected chi connectivity index (χ4v) is 13.0. The largest absolute Gasteiger partial charge is 0.472 e. The minimum atomic E-state index is -4.97. The minimum Gasteiger partial charge on any atom is -0.462 e. The molecular weight excluding hydrogens is 1310 g/mol. The summed E-state index contributed by atoms with van der Waals surface area (Å²) < 4.78 is 68.7. The fourth-order valence-electron chi connectivity index (χ4n) is 11.4. The first-order valence-corrected chi connectivity index (χ1v) is 43.9. The second-order valence-electron chi connectivity index (χ2n) is 27.7. The van der Waals surface area contributed by atoms with Gasteiger partial charge >= 0.3 is 39.5 Å². The van der Waals surface area contributed by atoms with Gasteiger partial charge in [0.2, 0.25) is 0 Å². The van der Waals surface area contributed by atoms with Crippen LogP contribution in [0.3, 0.4) is 0 Å². The van der Waals surface area contributed by atoms with E-state index < -0.39 is 97.5 Å². The van der Waals surface area contributed by atoms with Crippen molar-refractivity contribution < 1.29 is 80.2 Å². The molecule has 0 heterocycles. The van der Waals surface area contributed by atoms with Gasteiger partial charge in [-0.2, -0.15) is 0 Å². The Bertz CT molecular complexity index is 1940. The van der Waals surface area contributed by atoms with E-state index in [0.29, 0.717) is 25.7 Å². The normalized spacial score (nSPS) is 14.1. The van der Waals surface area contributed by atoms with E-state index in [1.165, 1.54) is 154 Å². The first-order valence-electron chi connectivity index (χ1n) is 40.9. The maximum Gasteiger partial charge on any atom is 0.472 e. The van der Waals surface area contributed by atoms with Crippen molar-refractivity contribution >= 4 is 39.5 Å². The van der Waals surface area contributed by atoms with Gasteiger partial charge in [0.15, 0.2) is 12.2 Å². The van der Waals surface area contributed by atoms with Crippen LogP contribution in [0.15, 0.2) is 48.6 Å². The Morgan fingerprint density at radius 2 is 0.460 bits per heavy atom. The van der Waals surface area contributed by atoms with Crippen LogP contribution in [0.1, 0.15) is 387 Å². The van der Waals surface area contributed by atoms with E-state index in [9.17, 15) is 43.2 Å². The molecule has 0 aliphatic heterocycles. The van der Waals surface area contributed by atoms with Crippen molar-refractivity contribution in [2.75, 3.05) is 39.6 Å². The lowest BCUT2D eigenvalue weighted by atomic mass is 10.1. The van der Waals surface area contributed by atoms with Gasteiger partial charge in [-0.15, -0.1) is 0 Å². The second-order valence-corrected chi connectivity index (χ2v) is 30.6. The van der Waals surface area contributed by atoms with Crippen molar-refractivity contribution in [2.24, 2.45) is 0 Å². The van der Waals surface area contributed by atoms with Crippen LogP contribution in [-0.4, -0.2) is 96.7 Å². The number of carbonyl (C=O) groups is 4. The fraction of sp³-hybridized carbons (Fsp3) is 0.852. The summed E-state index contributed by atoms with van der Waals surface area (Å²) in [7, 11) is -9.94. The van der Waals surface area contributed by atoms with E-state index in [-0.39, 0.29) is 25.7 Å². The van der Waals surface area contributed by atoms with Crippen LogP contribution in [0.25, 0.3) is 0 Å². The molecule has 0 fully saturated rings. The molecule has 0 aliphatic carbocycles. The Labute approximate surface area is 610 Å². The number of ether oxygens (including phenoxy) is 4. The molecule has 0 spiro atoms. The van der Waals surface area contributed by atoms with Crippen LogP contribution >= 0.6 is 15.6 Å². The van der Waals surface area contributed by atoms with Gasteiger partial charge in [-0.25, -0.2) is 9.13 Å². The van der Waals surface area contributed by atoms with Gasteiger partial charge in [0.1, 0.15) is 19.3 Å². The van der Waals surface area contributed by atoms with Gasteiger partial charge in [0.25, 0.3) is 0 Å². The molecule has 0 amide bonds. The number of esters is 4. The highest BCUT2D eigenvalue weighted by molar-refractivity contribution is 7.47. The van der Waals surface area contributed by atoms with E-state index in [1.807, 2.05) is 0 Å². The van der Waals surface area contributed by atoms with Crippen molar-refractivity contribution in [3.05, 3.63) is 48.6 Å². The Morgan fingerprint density at radius 3 is 0.700 bits per heavy atom. The number of phosphoric ester groups is 2. The van der Waals surface area contributed by atoms with Gasteiger partial charge in [-0.1, -0.05) is 282 Å². The first kappa shape index (κ1) is 97.0. The molecule has 0 aromatic heterocycles. The maximum absolute atomic E-state index is 13.1. The summed E-state index contributed by atoms with van der Waals surface area (Å²) in [6.07, 6.45) is 72.2. The number of unbranched alkanes of at least 4 members (excludes halogenated alkanes) is 44. The predicted octanol–water partition coefficient (Wildman–Crippen LogP) is 23.7. The average molecular weight is 1460 g/mol. The number of carbonyl (C=O) groups excluding carboxylic acids is 4. The van der Waals surface area contributed by atoms with Crippen LogP contribution in [0, 0.1) is 0 Å². The molecule has 4 atom stereocenters. The lowest BCUT2D eigenvalue weighted by Crippen LogP contribution is -2.30. The summed E-state index contributed by atoms with van der Waals surface area (Å²) in [5, 5.41) is 10.6. The molecule has 0 bridgehead atoms. The highest BCUT2D eigenvalue weighted by atomic mass is 31.2. The number of allylic oxidation sites excluding steroid dienone is 8. The van der Waals surface area contributed by atoms with Crippen molar-refractivity contribution in [3.63, 3.8) is 0 Å². The van der Waals surface area contributed by atoms with Crippen LogP contribution in [-0.2, 0) is 65.4 Å². The summed E-state index contributed by atoms with van der Waals surface area (Å²) in [5.41, 5.74) is 0. The van der Waals surface area contributed by atoms with Gasteiger partial charge < -0.3 is 33.8 Å². The number of aliphatic hydroxyl groups is 1. The summed E-state index contributed by atoms with van der Waals surface area (Å²) >= 11 is 0. The van der Waals surface area contributed by atoms with Gasteiger partial charge in [0, 0.05) is 25.7 Å². The number of rotatable bonds is 78. The Balaban J connectivity index is 5.33. The Kier molecular flexibility index (Phi) is 72.1. The maximum atomic E-state index is 13.1. The van der Waals surface area contributed by atoms with Crippen molar-refractivity contribution in [2.45, 2.75) is 406 Å². The zero-order valence-electron chi connectivity index (χ0n) is 64.1. The smallest absolute Gasteiger partial charge is 0.462 e. The molecule has 100 heavy (non-hydrogen) atoms. The highest BCUT2D eigenvalue weighted by Crippen LogP contribution is 2.45. The van der Waals surface area contributed by atoms with Gasteiger partial charge in [-0.3, -0.25) is 37.3 Å². The van der Waals surface area contributed by atoms with Crippen molar-refractivity contribution in [1.82, 2.24) is 0 Å². The number of aliphatic hydroxyl groups excluding tert-OH is 1. The van der Waals surface area contributed by atoms with Crippen molar-refractivity contribution in [1.29, 1.82) is 0 Å². The van der Waals surface area contributed by atoms with Crippen LogP contribution in [0.4, 0.5) is 0 Å². The molecule has 0 saturated heterocycles. The summed E-state index contributed by atoms with van der Waals surface area (Å²) in [5.74, 6) is -2.16. The monoisotopic (exact) mass is 1460 g/mol. The third-order valence-corrected chi connectivity index (χ3v) is 19.6. The number of phosphoric acid groups is 2. The van der Waals surface area contributed by atoms with E-state index in [0.717, 1.165) is 154 Å². The quantitative estimate of drug-likeness (QED) is 0.0169. The van der Waals surface area contributed by atoms with Crippen molar-refractivity contribution in [3.8, 4) is 0 Å². The lowest BCUT2D eigenvalue weighted by Gasteiger charge is -2.21. The second kappa shape index (κ2) is 74.3. The summed E-state index contributed by atoms with van der Waals surface area (Å²) in [6, 6.07) is 0. The molecular formula is C81H150O17P2. The van der Waals surface area contributed by atoms with Gasteiger partial charge in [-0.05, 0) is 128 Å². The summed E-state index contributed by atoms with van der Waals surface area (Å²) in [4.78, 5) is 73.0. The third kappa shape index (κ3) is 73.3. The molecule has 3 N–H and O–H groups in total. The molecule has 17 nitrogen and oxygen atoms in total. The SMILES string of the molecule is CCCCCC/C=C\CCCCCCCCCC(=O)OC[C@H](COP(=O)(O)OCC(O)COP(=O)(O)OC[C@@H](COC(=O)CCCCCCCCC/C=C\CCCCCC)OC(=O)CCCCCCC/C=C\CCCCCCCC)OC(=O)CCCCCCC/C=C\CCCCCCCC. The van der Waals surface area contributed by atoms with Crippen LogP contribution in [0.5, 0.6) is 0 Å². The summed E-state index contributed by atoms with van der Waals surface area (Å²) in [6.45, 7) is 4.90. The highest BCUT2D eigenvalue weighted by Gasteiger charge is 2.30. The molecule has 2 unspecified atom stereocenters. The van der Waals surface area contributed by atoms with E-state index in [2.05, 4.69) is 76.3 Å². The predicted molar refractivity (Wildman–Crippen MR) is 409 cm³/mol. The molecule has 586 valence electrons. The molecule has 0 aliphatic rings. The molecule has 0 saturated carbocycles. The number of hydrogen-bond acceptors (Lipinski definition) is 15. The molecule has 0 rings (SSSR count). The number of hydrogen-bond donors (Lipinski definition) is 3. The molecule has 19 heteroatoms. The zero-order chi connectivity index (χ0) is 73.2. The topological polar surface area (TPSA) is 237 Å². The van der Waals surface area contributed by atoms with E-state index >= 15 is 0 Å². The molecule has 0 aromatic carbocycles. The molecule has 0 aromatic rings. The minimum absolute atomic E-state index is 0.0895.